The standard InChI is InChI=1S/C29H27Cl2N3O6/c1-29(2,3)27(20-9-10-21(31)40-20)33-24-23(25(36)26(24)37)32-18-8-7-17(30)16-12-34(28(38)22(16)18)19-11-15(39-4)6-5-14(19)13-35/h5-11,27,32-33,35H,12-13H2,1-4H3/t27-/m0/s1. The smallest absolute Gasteiger partial charge is 0.261 e. The number of fused-ring (bicyclic) bond motifs is 1. The largest absolute Gasteiger partial charge is 0.497 e. The zero-order valence-corrected chi connectivity index (χ0v) is 23.7. The van der Waals surface area contributed by atoms with Crippen molar-refractivity contribution in [2.24, 2.45) is 5.41 Å². The highest BCUT2D eigenvalue weighted by molar-refractivity contribution is 6.33. The van der Waals surface area contributed by atoms with Crippen molar-refractivity contribution in [3.63, 3.8) is 0 Å². The van der Waals surface area contributed by atoms with Crippen molar-refractivity contribution in [1.82, 2.24) is 0 Å². The van der Waals surface area contributed by atoms with Gasteiger partial charge in [-0.05, 0) is 47.3 Å². The second-order valence-electron chi connectivity index (χ2n) is 10.6. The first kappa shape index (κ1) is 27.8. The van der Waals surface area contributed by atoms with Gasteiger partial charge in [-0.25, -0.2) is 0 Å². The average molecular weight is 584 g/mol. The summed E-state index contributed by atoms with van der Waals surface area (Å²) in [5.74, 6) is 0.646. The molecule has 0 saturated carbocycles. The quantitative estimate of drug-likeness (QED) is 0.223. The third kappa shape index (κ3) is 4.74. The molecule has 3 aromatic carbocycles. The molecule has 0 spiro atoms. The highest BCUT2D eigenvalue weighted by atomic mass is 35.5. The fourth-order valence-electron chi connectivity index (χ4n) is 4.87. The number of benzene rings is 2. The van der Waals surface area contributed by atoms with Crippen LogP contribution in [0.3, 0.4) is 0 Å². The molecule has 208 valence electrons. The molecule has 1 aliphatic rings. The van der Waals surface area contributed by atoms with Gasteiger partial charge in [0, 0.05) is 22.2 Å². The molecule has 0 bridgehead atoms. The summed E-state index contributed by atoms with van der Waals surface area (Å²) in [6, 6.07) is 11.1. The lowest BCUT2D eigenvalue weighted by Gasteiger charge is -2.31. The number of aliphatic hydroxyl groups excluding tert-OH is 1. The fraction of sp³-hybridized carbons (Fsp3) is 0.276. The molecule has 11 heteroatoms. The Bertz CT molecular complexity index is 1700. The number of nitrogens with one attached hydrogen (secondary N) is 2. The second kappa shape index (κ2) is 10.3. The van der Waals surface area contributed by atoms with Crippen molar-refractivity contribution in [1.29, 1.82) is 0 Å². The predicted octanol–water partition coefficient (Wildman–Crippen LogP) is 5.79. The highest BCUT2D eigenvalue weighted by Gasteiger charge is 2.36. The van der Waals surface area contributed by atoms with Gasteiger partial charge in [0.25, 0.3) is 16.8 Å². The number of rotatable bonds is 8. The predicted molar refractivity (Wildman–Crippen MR) is 155 cm³/mol. The van der Waals surface area contributed by atoms with Crippen LogP contribution in [0.15, 0.2) is 56.5 Å². The molecular weight excluding hydrogens is 557 g/mol. The van der Waals surface area contributed by atoms with E-state index in [1.165, 1.54) is 12.0 Å². The van der Waals surface area contributed by atoms with Crippen molar-refractivity contribution in [2.45, 2.75) is 40.0 Å². The monoisotopic (exact) mass is 583 g/mol. The number of carbonyl (C=O) groups is 1. The van der Waals surface area contributed by atoms with Crippen LogP contribution in [-0.4, -0.2) is 18.1 Å². The summed E-state index contributed by atoms with van der Waals surface area (Å²) in [5.41, 5.74) is 0.452. The molecular formula is C29H27Cl2N3O6. The van der Waals surface area contributed by atoms with Crippen LogP contribution in [0.5, 0.6) is 5.75 Å². The number of amides is 1. The van der Waals surface area contributed by atoms with Crippen LogP contribution in [0.1, 0.15) is 54.1 Å². The molecule has 9 nitrogen and oxygen atoms in total. The first-order valence-electron chi connectivity index (χ1n) is 12.5. The zero-order valence-electron chi connectivity index (χ0n) is 22.2. The minimum absolute atomic E-state index is 0.0325. The number of anilines is 4. The fourth-order valence-corrected chi connectivity index (χ4v) is 5.24. The molecule has 40 heavy (non-hydrogen) atoms. The number of hydrogen-bond acceptors (Lipinski definition) is 8. The van der Waals surface area contributed by atoms with E-state index in [1.807, 2.05) is 20.8 Å². The molecule has 0 radical (unpaired) electrons. The lowest BCUT2D eigenvalue weighted by Crippen LogP contribution is -2.39. The van der Waals surface area contributed by atoms with Crippen LogP contribution in [0.4, 0.5) is 22.7 Å². The van der Waals surface area contributed by atoms with Crippen molar-refractivity contribution in [3.8, 4) is 5.75 Å². The van der Waals surface area contributed by atoms with E-state index in [0.29, 0.717) is 39.0 Å². The van der Waals surface area contributed by atoms with E-state index < -0.39 is 22.3 Å². The van der Waals surface area contributed by atoms with E-state index in [1.54, 1.807) is 42.5 Å². The second-order valence-corrected chi connectivity index (χ2v) is 11.4. The van der Waals surface area contributed by atoms with Crippen molar-refractivity contribution >= 4 is 51.9 Å². The van der Waals surface area contributed by atoms with Crippen molar-refractivity contribution < 1.29 is 19.1 Å². The molecule has 3 N–H and O–H groups in total. The van der Waals surface area contributed by atoms with Gasteiger partial charge >= 0.3 is 0 Å². The van der Waals surface area contributed by atoms with E-state index in [2.05, 4.69) is 10.6 Å². The molecule has 5 rings (SSSR count). The van der Waals surface area contributed by atoms with Crippen LogP contribution in [0, 0.1) is 5.41 Å². The van der Waals surface area contributed by atoms with E-state index in [9.17, 15) is 19.5 Å². The molecule has 0 saturated heterocycles. The summed E-state index contributed by atoms with van der Waals surface area (Å²) in [4.78, 5) is 40.6. The van der Waals surface area contributed by atoms with Crippen LogP contribution in [0.25, 0.3) is 0 Å². The molecule has 0 aliphatic carbocycles. The van der Waals surface area contributed by atoms with Crippen LogP contribution < -0.4 is 31.1 Å². The molecule has 4 aromatic rings. The SMILES string of the molecule is COc1ccc(CO)c(N2Cc3c(Cl)ccc(Nc4c(N[C@@H](c5ccc(Cl)o5)C(C)(C)C)c(=O)c4=O)c3C2=O)c1. The Hall–Kier alpha value is -3.79. The Morgan fingerprint density at radius 2 is 1.77 bits per heavy atom. The van der Waals surface area contributed by atoms with Gasteiger partial charge in [-0.3, -0.25) is 14.4 Å². The maximum Gasteiger partial charge on any atom is 0.261 e. The van der Waals surface area contributed by atoms with Gasteiger partial charge in [0.2, 0.25) is 0 Å². The van der Waals surface area contributed by atoms with Crippen LogP contribution in [-0.2, 0) is 13.2 Å². The minimum atomic E-state index is -0.714. The number of hydrogen-bond donors (Lipinski definition) is 3. The lowest BCUT2D eigenvalue weighted by molar-refractivity contribution is 0.0997. The topological polar surface area (TPSA) is 121 Å². The van der Waals surface area contributed by atoms with Crippen LogP contribution >= 0.6 is 23.2 Å². The number of methoxy groups -OCH3 is 1. The van der Waals surface area contributed by atoms with Gasteiger partial charge in [-0.15, -0.1) is 0 Å². The minimum Gasteiger partial charge on any atom is -0.497 e. The number of nitrogens with zero attached hydrogens (tertiary/aromatic N) is 1. The molecule has 1 amide bonds. The Balaban J connectivity index is 1.51. The van der Waals surface area contributed by atoms with Crippen molar-refractivity contribution in [3.05, 3.63) is 95.6 Å². The third-order valence-electron chi connectivity index (χ3n) is 6.99. The normalized spacial score (nSPS) is 14.0. The number of furan rings is 1. The third-order valence-corrected chi connectivity index (χ3v) is 7.55. The van der Waals surface area contributed by atoms with E-state index >= 15 is 0 Å². The Morgan fingerprint density at radius 1 is 1.05 bits per heavy atom. The summed E-state index contributed by atoms with van der Waals surface area (Å²) in [6.45, 7) is 5.73. The number of carbonyl (C=O) groups excluding carboxylic acids is 1. The van der Waals surface area contributed by atoms with Gasteiger partial charge in [-0.1, -0.05) is 38.4 Å². The molecule has 0 fully saturated rings. The number of halogens is 2. The van der Waals surface area contributed by atoms with Crippen LogP contribution in [0.2, 0.25) is 10.2 Å². The lowest BCUT2D eigenvalue weighted by atomic mass is 9.85. The van der Waals surface area contributed by atoms with E-state index in [-0.39, 0.29) is 41.2 Å². The first-order valence-corrected chi connectivity index (χ1v) is 13.2. The van der Waals surface area contributed by atoms with Gasteiger partial charge in [0.1, 0.15) is 22.9 Å². The summed E-state index contributed by atoms with van der Waals surface area (Å²) in [5, 5.41) is 16.6. The Kier molecular flexibility index (Phi) is 7.16. The molecule has 1 aromatic heterocycles. The highest BCUT2D eigenvalue weighted by Crippen LogP contribution is 2.42. The first-order chi connectivity index (χ1) is 18.9. The van der Waals surface area contributed by atoms with Gasteiger partial charge in [0.15, 0.2) is 5.22 Å². The summed E-state index contributed by atoms with van der Waals surface area (Å²) < 4.78 is 10.9. The average Bonchev–Trinajstić information content (AvgIpc) is 3.51. The van der Waals surface area contributed by atoms with Gasteiger partial charge < -0.3 is 29.8 Å². The number of ether oxygens (including phenoxy) is 1. The maximum absolute atomic E-state index is 13.7. The zero-order chi connectivity index (χ0) is 28.9. The van der Waals surface area contributed by atoms with E-state index in [4.69, 9.17) is 32.4 Å². The summed E-state index contributed by atoms with van der Waals surface area (Å²) in [6.07, 6.45) is 0. The molecule has 0 unspecified atom stereocenters. The molecule has 1 aliphatic heterocycles. The summed E-state index contributed by atoms with van der Waals surface area (Å²) >= 11 is 12.5. The summed E-state index contributed by atoms with van der Waals surface area (Å²) in [7, 11) is 1.51. The Morgan fingerprint density at radius 3 is 2.40 bits per heavy atom. The van der Waals surface area contributed by atoms with Gasteiger partial charge in [0.05, 0.1) is 43.2 Å². The van der Waals surface area contributed by atoms with Gasteiger partial charge in [-0.2, -0.15) is 0 Å². The number of aliphatic hydroxyl groups is 1. The Labute approximate surface area is 240 Å². The van der Waals surface area contributed by atoms with E-state index in [0.717, 1.165) is 0 Å². The molecule has 2 heterocycles. The molecule has 1 atom stereocenters. The maximum atomic E-state index is 13.7. The van der Waals surface area contributed by atoms with Crippen molar-refractivity contribution in [2.75, 3.05) is 22.6 Å².